The molecule has 54 heavy (non-hydrogen) atoms. The maximum Gasteiger partial charge on any atom is 0.422 e. The summed E-state index contributed by atoms with van der Waals surface area (Å²) >= 11 is 0. The van der Waals surface area contributed by atoms with Crippen molar-refractivity contribution in [3.05, 3.63) is 174 Å². The third-order valence-electron chi connectivity index (χ3n) is 11.7. The molecule has 3 aliphatic rings. The summed E-state index contributed by atoms with van der Waals surface area (Å²) in [5.74, 6) is 2.49. The van der Waals surface area contributed by atoms with Crippen molar-refractivity contribution in [2.75, 3.05) is 9.62 Å². The Morgan fingerprint density at radius 1 is 0.648 bits per heavy atom. The molecule has 0 saturated heterocycles. The van der Waals surface area contributed by atoms with Gasteiger partial charge in [0.15, 0.2) is 0 Å². The molecule has 11 rings (SSSR count). The first kappa shape index (κ1) is 31.0. The quantitative estimate of drug-likeness (QED) is 0.104. The van der Waals surface area contributed by atoms with Crippen LogP contribution in [-0.2, 0) is 5.41 Å². The number of fused-ring (bicyclic) bond motifs is 10. The van der Waals surface area contributed by atoms with Crippen molar-refractivity contribution in [1.29, 1.82) is 0 Å². The minimum absolute atomic E-state index is 0.109. The van der Waals surface area contributed by atoms with Crippen LogP contribution in [0.5, 0.6) is 11.5 Å². The van der Waals surface area contributed by atoms with Crippen LogP contribution in [0.25, 0.3) is 33.5 Å². The number of nitrogens with zero attached hydrogens (tertiary/aromatic N) is 5. The van der Waals surface area contributed by atoms with Gasteiger partial charge in [-0.3, -0.25) is 9.13 Å². The molecule has 6 aromatic carbocycles. The van der Waals surface area contributed by atoms with E-state index in [0.29, 0.717) is 0 Å². The number of imidazole rings is 1. The highest BCUT2D eigenvalue weighted by molar-refractivity contribution is 6.86. The Kier molecular flexibility index (Phi) is 6.43. The minimum Gasteiger partial charge on any atom is -0.458 e. The molecule has 8 aromatic rings. The monoisotopic (exact) mass is 697 g/mol. The van der Waals surface area contributed by atoms with Gasteiger partial charge in [0.25, 0.3) is 6.33 Å². The van der Waals surface area contributed by atoms with E-state index in [1.54, 1.807) is 0 Å². The molecule has 7 heteroatoms. The smallest absolute Gasteiger partial charge is 0.422 e. The van der Waals surface area contributed by atoms with Gasteiger partial charge in [0.05, 0.1) is 33.8 Å². The second-order valence-corrected chi connectivity index (χ2v) is 15.2. The highest BCUT2D eigenvalue weighted by atomic mass is 16.5. The summed E-state index contributed by atoms with van der Waals surface area (Å²) in [6.45, 7) is 8.92. The number of ether oxygens (including phenoxy) is 1. The topological polar surface area (TPSA) is 37.4 Å². The number of aryl methyl sites for hydroxylation is 2. The molecule has 258 valence electrons. The number of anilines is 4. The lowest BCUT2D eigenvalue weighted by atomic mass is 9.59. The lowest BCUT2D eigenvalue weighted by Gasteiger charge is -2.36. The highest BCUT2D eigenvalue weighted by Gasteiger charge is 2.49. The molecule has 0 aliphatic carbocycles. The molecule has 0 N–H and O–H groups in total. The summed E-state index contributed by atoms with van der Waals surface area (Å²) in [7, 11) is 0. The van der Waals surface area contributed by atoms with Crippen molar-refractivity contribution in [2.24, 2.45) is 0 Å². The zero-order valence-corrected chi connectivity index (χ0v) is 30.6. The van der Waals surface area contributed by atoms with E-state index in [2.05, 4.69) is 186 Å². The lowest BCUT2D eigenvalue weighted by molar-refractivity contribution is -0.572. The van der Waals surface area contributed by atoms with E-state index >= 15 is 0 Å². The molecule has 6 nitrogen and oxygen atoms in total. The maximum atomic E-state index is 6.84. The SMILES string of the molecule is Cc1cccc(C)c1N1B2c3ccccc3-c3cccnc3N2c2cc(Oc3ccc4c(c3)-n3[c-][n+](-c5ccccc5)c5cccc(c53)C4(C)C)ccc21. The van der Waals surface area contributed by atoms with Crippen LogP contribution in [0.15, 0.2) is 146 Å². The van der Waals surface area contributed by atoms with Crippen LogP contribution in [0.4, 0.5) is 22.9 Å². The van der Waals surface area contributed by atoms with Crippen molar-refractivity contribution in [3.8, 4) is 34.0 Å². The molecule has 2 aromatic heterocycles. The fourth-order valence-corrected chi connectivity index (χ4v) is 9.22. The fourth-order valence-electron chi connectivity index (χ4n) is 9.22. The van der Waals surface area contributed by atoms with Crippen LogP contribution in [0, 0.1) is 20.2 Å². The van der Waals surface area contributed by atoms with Gasteiger partial charge in [-0.25, -0.2) is 4.98 Å². The molecule has 0 spiro atoms. The summed E-state index contributed by atoms with van der Waals surface area (Å²) in [5, 5.41) is 0. The maximum absolute atomic E-state index is 6.84. The van der Waals surface area contributed by atoms with Gasteiger partial charge in [-0.05, 0) is 95.7 Å². The highest BCUT2D eigenvalue weighted by Crippen LogP contribution is 2.53. The molecule has 0 saturated carbocycles. The molecule has 0 radical (unpaired) electrons. The first-order valence-electron chi connectivity index (χ1n) is 18.6. The predicted molar refractivity (Wildman–Crippen MR) is 218 cm³/mol. The summed E-state index contributed by atoms with van der Waals surface area (Å²) in [4.78, 5) is 9.91. The van der Waals surface area contributed by atoms with Gasteiger partial charge in [0.2, 0.25) is 0 Å². The Balaban J connectivity index is 1.06. The van der Waals surface area contributed by atoms with E-state index in [1.807, 2.05) is 12.3 Å². The average Bonchev–Trinajstić information content (AvgIpc) is 3.75. The third kappa shape index (κ3) is 4.23. The zero-order valence-electron chi connectivity index (χ0n) is 30.6. The van der Waals surface area contributed by atoms with Gasteiger partial charge in [-0.15, -0.1) is 0 Å². The van der Waals surface area contributed by atoms with Gasteiger partial charge in [-0.1, -0.05) is 98.8 Å². The van der Waals surface area contributed by atoms with Gasteiger partial charge in [0, 0.05) is 28.9 Å². The molecule has 0 unspecified atom stereocenters. The van der Waals surface area contributed by atoms with Gasteiger partial charge < -0.3 is 14.4 Å². The van der Waals surface area contributed by atoms with E-state index in [-0.39, 0.29) is 12.4 Å². The normalized spacial score (nSPS) is 14.3. The van der Waals surface area contributed by atoms with Crippen LogP contribution in [0.1, 0.15) is 36.1 Å². The molecule has 0 atom stereocenters. The number of rotatable bonds is 4. The molecular weight excluding hydrogens is 661 g/mol. The van der Waals surface area contributed by atoms with Crippen molar-refractivity contribution < 1.29 is 9.30 Å². The number of pyridine rings is 1. The Bertz CT molecular complexity index is 2820. The minimum atomic E-state index is -0.214. The Labute approximate surface area is 315 Å². The predicted octanol–water partition coefficient (Wildman–Crippen LogP) is 9.82. The van der Waals surface area contributed by atoms with E-state index in [9.17, 15) is 0 Å². The largest absolute Gasteiger partial charge is 0.458 e. The van der Waals surface area contributed by atoms with Gasteiger partial charge >= 0.3 is 6.98 Å². The summed E-state index contributed by atoms with van der Waals surface area (Å²) in [5.41, 5.74) is 16.2. The van der Waals surface area contributed by atoms with E-state index in [1.165, 1.54) is 44.5 Å². The van der Waals surface area contributed by atoms with E-state index < -0.39 is 0 Å². The third-order valence-corrected chi connectivity index (χ3v) is 11.7. The van der Waals surface area contributed by atoms with E-state index in [4.69, 9.17) is 9.72 Å². The zero-order chi connectivity index (χ0) is 36.3. The standard InChI is InChI=1S/C47H36BN5O/c1-30-13-10-14-31(2)44(30)52-40-25-23-34(28-43(40)53-46-36(18-12-26-49-46)35-17-8-9-20-39(35)48(52)53)54-33-22-24-37-42(27-33)51-29-50(32-15-6-5-7-16-32)41-21-11-19-38(45(41)51)47(37,3)4/h5-28H,1-4H3. The van der Waals surface area contributed by atoms with Crippen molar-refractivity contribution in [2.45, 2.75) is 33.1 Å². The van der Waals surface area contributed by atoms with E-state index in [0.717, 1.165) is 51.1 Å². The van der Waals surface area contributed by atoms with Gasteiger partial charge in [0.1, 0.15) is 17.3 Å². The molecule has 3 aliphatic heterocycles. The Morgan fingerprint density at radius 3 is 2.20 bits per heavy atom. The summed E-state index contributed by atoms with van der Waals surface area (Å²) < 4.78 is 11.2. The number of hydrogen-bond acceptors (Lipinski definition) is 4. The van der Waals surface area contributed by atoms with Crippen molar-refractivity contribution in [3.63, 3.8) is 0 Å². The second kappa shape index (κ2) is 11.2. The van der Waals surface area contributed by atoms with Crippen molar-refractivity contribution in [1.82, 2.24) is 9.55 Å². The van der Waals surface area contributed by atoms with Crippen molar-refractivity contribution >= 4 is 46.4 Å². The molecular formula is C47H36BN5O. The first-order chi connectivity index (χ1) is 26.4. The van der Waals surface area contributed by atoms with Crippen LogP contribution >= 0.6 is 0 Å². The van der Waals surface area contributed by atoms with Gasteiger partial charge in [-0.2, -0.15) is 0 Å². The molecule has 5 heterocycles. The summed E-state index contributed by atoms with van der Waals surface area (Å²) in [6, 6.07) is 49.6. The number of para-hydroxylation sites is 3. The Hall–Kier alpha value is -6.60. The number of benzene rings is 6. The molecule has 0 bridgehead atoms. The van der Waals surface area contributed by atoms with Crippen LogP contribution in [0.2, 0.25) is 0 Å². The first-order valence-corrected chi connectivity index (χ1v) is 18.6. The number of hydrogen-bond donors (Lipinski definition) is 0. The summed E-state index contributed by atoms with van der Waals surface area (Å²) in [6.07, 6.45) is 5.60. The molecule has 0 amide bonds. The lowest BCUT2D eigenvalue weighted by Crippen LogP contribution is -2.56. The number of aromatic nitrogens is 3. The average molecular weight is 698 g/mol. The Morgan fingerprint density at radius 2 is 1.37 bits per heavy atom. The fraction of sp³-hybridized carbons (Fsp3) is 0.106. The van der Waals surface area contributed by atoms with Crippen LogP contribution in [-0.4, -0.2) is 16.5 Å². The molecule has 0 fully saturated rings. The second-order valence-electron chi connectivity index (χ2n) is 15.2. The van der Waals surface area contributed by atoms with Crippen LogP contribution in [0.3, 0.4) is 0 Å². The van der Waals surface area contributed by atoms with Crippen LogP contribution < -0.4 is 24.4 Å².